The van der Waals surface area contributed by atoms with Crippen molar-refractivity contribution in [2.75, 3.05) is 5.75 Å². The minimum atomic E-state index is -3.31. The maximum Gasteiger partial charge on any atom is 0.288 e. The molecular weight excluding hydrogens is 440 g/mol. The van der Waals surface area contributed by atoms with Gasteiger partial charge in [0, 0.05) is 11.3 Å². The highest BCUT2D eigenvalue weighted by Crippen LogP contribution is 2.35. The molecule has 1 N–H and O–H groups in total. The van der Waals surface area contributed by atoms with E-state index in [9.17, 15) is 22.0 Å². The quantitative estimate of drug-likeness (QED) is 0.607. The Morgan fingerprint density at radius 2 is 2.06 bits per heavy atom. The first-order chi connectivity index (χ1) is 15.2. The van der Waals surface area contributed by atoms with Crippen LogP contribution in [0, 0.1) is 6.92 Å². The zero-order valence-electron chi connectivity index (χ0n) is 17.4. The zero-order chi connectivity index (χ0) is 23.0. The van der Waals surface area contributed by atoms with Crippen LogP contribution in [-0.4, -0.2) is 41.0 Å². The van der Waals surface area contributed by atoms with Gasteiger partial charge >= 0.3 is 0 Å². The first kappa shape index (κ1) is 21.9. The van der Waals surface area contributed by atoms with Crippen LogP contribution in [0.25, 0.3) is 16.8 Å². The van der Waals surface area contributed by atoms with Crippen LogP contribution < -0.4 is 10.3 Å². The number of aromatic amines is 1. The Kier molecular flexibility index (Phi) is 5.72. The van der Waals surface area contributed by atoms with Crippen molar-refractivity contribution in [2.24, 2.45) is 0 Å². The van der Waals surface area contributed by atoms with E-state index < -0.39 is 27.9 Å². The van der Waals surface area contributed by atoms with Crippen LogP contribution in [-0.2, 0) is 15.6 Å². The number of hydrogen-bond acceptors (Lipinski definition) is 5. The van der Waals surface area contributed by atoms with E-state index in [0.717, 1.165) is 12.2 Å². The summed E-state index contributed by atoms with van der Waals surface area (Å²) in [5.41, 5.74) is 2.16. The summed E-state index contributed by atoms with van der Waals surface area (Å²) in [5.74, 6) is -0.617. The summed E-state index contributed by atoms with van der Waals surface area (Å²) in [5, 5.41) is 6.22. The van der Waals surface area contributed by atoms with Crippen LogP contribution in [0.5, 0.6) is 5.75 Å². The minimum Gasteiger partial charge on any atom is -0.482 e. The minimum absolute atomic E-state index is 0.0126. The van der Waals surface area contributed by atoms with Gasteiger partial charge in [0.15, 0.2) is 22.1 Å². The topological polar surface area (TPSA) is 93.5 Å². The number of rotatable bonds is 6. The highest BCUT2D eigenvalue weighted by atomic mass is 32.2. The Bertz CT molecular complexity index is 1410. The monoisotopic (exact) mass is 461 g/mol. The predicted molar refractivity (Wildman–Crippen MR) is 117 cm³/mol. The number of benzene rings is 1. The second-order valence-corrected chi connectivity index (χ2v) is 9.91. The zero-order valence-corrected chi connectivity index (χ0v) is 18.2. The molecule has 32 heavy (non-hydrogen) atoms. The van der Waals surface area contributed by atoms with E-state index in [1.54, 1.807) is 42.5 Å². The summed E-state index contributed by atoms with van der Waals surface area (Å²) in [4.78, 5) is 12.3. The number of halogens is 2. The fraction of sp³-hybridized carbons (Fsp3) is 0.273. The van der Waals surface area contributed by atoms with Gasteiger partial charge in [-0.05, 0) is 54.5 Å². The lowest BCUT2D eigenvalue weighted by atomic mass is 10.1. The molecule has 1 aliphatic carbocycles. The molecule has 0 spiro atoms. The summed E-state index contributed by atoms with van der Waals surface area (Å²) < 4.78 is 59.4. The van der Waals surface area contributed by atoms with Crippen LogP contribution in [0.15, 0.2) is 59.4 Å². The van der Waals surface area contributed by atoms with Gasteiger partial charge in [0.25, 0.3) is 5.56 Å². The molecule has 0 amide bonds. The highest BCUT2D eigenvalue weighted by Gasteiger charge is 2.25. The summed E-state index contributed by atoms with van der Waals surface area (Å²) in [6.45, 7) is 3.33. The summed E-state index contributed by atoms with van der Waals surface area (Å²) >= 11 is 0. The lowest BCUT2D eigenvalue weighted by Gasteiger charge is -2.22. The van der Waals surface area contributed by atoms with E-state index >= 15 is 0 Å². The molecule has 0 radical (unpaired) electrons. The van der Waals surface area contributed by atoms with Gasteiger partial charge in [-0.2, -0.15) is 5.10 Å². The maximum atomic E-state index is 14.3. The average Bonchev–Trinajstić information content (AvgIpc) is 3.08. The first-order valence-electron chi connectivity index (χ1n) is 9.94. The predicted octanol–water partition coefficient (Wildman–Crippen LogP) is 3.44. The highest BCUT2D eigenvalue weighted by molar-refractivity contribution is 7.90. The normalized spacial score (nSPS) is 18.7. The van der Waals surface area contributed by atoms with Gasteiger partial charge in [-0.3, -0.25) is 9.20 Å². The van der Waals surface area contributed by atoms with E-state index in [0.29, 0.717) is 27.9 Å². The molecule has 0 bridgehead atoms. The third-order valence-electron chi connectivity index (χ3n) is 5.27. The molecule has 0 saturated heterocycles. The molecule has 2 heterocycles. The van der Waals surface area contributed by atoms with Crippen molar-refractivity contribution in [3.63, 3.8) is 0 Å². The Morgan fingerprint density at radius 1 is 1.28 bits per heavy atom. The SMILES string of the molecule is CCS(=O)(=O)Cc1ccc(OC2C=CC(F)=CC2F)c(-c2cc(C)c3c(=O)[nH]ncn23)c1. The molecule has 10 heteroatoms. The summed E-state index contributed by atoms with van der Waals surface area (Å²) in [6, 6.07) is 6.53. The summed E-state index contributed by atoms with van der Waals surface area (Å²) in [7, 11) is -3.31. The van der Waals surface area contributed by atoms with Gasteiger partial charge in [-0.1, -0.05) is 13.0 Å². The second-order valence-electron chi connectivity index (χ2n) is 7.56. The number of alkyl halides is 1. The lowest BCUT2D eigenvalue weighted by molar-refractivity contribution is 0.162. The van der Waals surface area contributed by atoms with E-state index in [4.69, 9.17) is 4.74 Å². The number of aryl methyl sites for hydroxylation is 1. The number of H-pyrrole nitrogens is 1. The second kappa shape index (κ2) is 8.34. The molecule has 2 aromatic heterocycles. The van der Waals surface area contributed by atoms with Crippen molar-refractivity contribution in [1.82, 2.24) is 14.6 Å². The van der Waals surface area contributed by atoms with Crippen molar-refractivity contribution in [3.8, 4) is 17.0 Å². The van der Waals surface area contributed by atoms with E-state index in [-0.39, 0.29) is 22.8 Å². The number of fused-ring (bicyclic) bond motifs is 1. The van der Waals surface area contributed by atoms with E-state index in [1.807, 2.05) is 0 Å². The molecule has 2 unspecified atom stereocenters. The van der Waals surface area contributed by atoms with Crippen molar-refractivity contribution >= 4 is 15.4 Å². The van der Waals surface area contributed by atoms with Gasteiger partial charge in [0.2, 0.25) is 0 Å². The molecule has 1 aliphatic rings. The maximum absolute atomic E-state index is 14.3. The molecule has 1 aromatic carbocycles. The van der Waals surface area contributed by atoms with Crippen molar-refractivity contribution < 1.29 is 21.9 Å². The molecule has 7 nitrogen and oxygen atoms in total. The Labute approximate surface area is 183 Å². The Morgan fingerprint density at radius 3 is 2.78 bits per heavy atom. The number of ether oxygens (including phenoxy) is 1. The number of hydrogen-bond donors (Lipinski definition) is 1. The van der Waals surface area contributed by atoms with Crippen LogP contribution in [0.3, 0.4) is 0 Å². The molecule has 3 aromatic rings. The standard InChI is InChI=1S/C22H21F2N3O4S/c1-3-32(29,30)11-14-4-6-19(31-20-7-5-15(23)10-17(20)24)16(9-14)18-8-13(2)21-22(28)26-25-12-27(18)21/h4-10,12,17,20H,3,11H2,1-2H3,(H,26,28). The van der Waals surface area contributed by atoms with Crippen LogP contribution in [0.2, 0.25) is 0 Å². The largest absolute Gasteiger partial charge is 0.482 e. The van der Waals surface area contributed by atoms with E-state index in [1.165, 1.54) is 12.4 Å². The average molecular weight is 461 g/mol. The molecule has 0 saturated carbocycles. The number of aromatic nitrogens is 3. The van der Waals surface area contributed by atoms with E-state index in [2.05, 4.69) is 10.2 Å². The summed E-state index contributed by atoms with van der Waals surface area (Å²) in [6.07, 6.45) is 1.91. The number of nitrogens with one attached hydrogen (secondary N) is 1. The van der Waals surface area contributed by atoms with Gasteiger partial charge in [0.05, 0.1) is 11.4 Å². The Hall–Kier alpha value is -3.27. The lowest BCUT2D eigenvalue weighted by Crippen LogP contribution is -2.27. The van der Waals surface area contributed by atoms with Gasteiger partial charge in [-0.25, -0.2) is 22.3 Å². The van der Waals surface area contributed by atoms with Crippen LogP contribution in [0.4, 0.5) is 8.78 Å². The molecular formula is C22H21F2N3O4S. The van der Waals surface area contributed by atoms with Crippen molar-refractivity contribution in [1.29, 1.82) is 0 Å². The van der Waals surface area contributed by atoms with Crippen molar-refractivity contribution in [3.05, 3.63) is 76.1 Å². The first-order valence-corrected chi connectivity index (χ1v) is 11.8. The number of allylic oxidation sites excluding steroid dienone is 2. The molecule has 0 aliphatic heterocycles. The smallest absolute Gasteiger partial charge is 0.288 e. The fourth-order valence-electron chi connectivity index (χ4n) is 3.64. The van der Waals surface area contributed by atoms with Gasteiger partial charge < -0.3 is 4.74 Å². The molecule has 4 rings (SSSR count). The third kappa shape index (κ3) is 4.22. The number of nitrogens with zero attached hydrogens (tertiary/aromatic N) is 2. The Balaban J connectivity index is 1.86. The van der Waals surface area contributed by atoms with Crippen molar-refractivity contribution in [2.45, 2.75) is 31.9 Å². The number of sulfone groups is 1. The van der Waals surface area contributed by atoms with Gasteiger partial charge in [-0.15, -0.1) is 0 Å². The molecule has 0 fully saturated rings. The van der Waals surface area contributed by atoms with Crippen LogP contribution in [0.1, 0.15) is 18.1 Å². The van der Waals surface area contributed by atoms with Gasteiger partial charge in [0.1, 0.15) is 23.4 Å². The third-order valence-corrected chi connectivity index (χ3v) is 6.92. The fourth-order valence-corrected chi connectivity index (χ4v) is 4.53. The van der Waals surface area contributed by atoms with Crippen LogP contribution >= 0.6 is 0 Å². The molecule has 168 valence electrons. The molecule has 2 atom stereocenters.